The van der Waals surface area contributed by atoms with Crippen molar-refractivity contribution < 1.29 is 9.47 Å². The smallest absolute Gasteiger partial charge is 0.166 e. The predicted molar refractivity (Wildman–Crippen MR) is 83.3 cm³/mol. The highest BCUT2D eigenvalue weighted by Gasteiger charge is 2.12. The van der Waals surface area contributed by atoms with Gasteiger partial charge in [-0.2, -0.15) is 0 Å². The lowest BCUT2D eigenvalue weighted by Crippen LogP contribution is -2.01. The summed E-state index contributed by atoms with van der Waals surface area (Å²) in [4.78, 5) is 0. The quantitative estimate of drug-likeness (QED) is 0.690. The first-order chi connectivity index (χ1) is 9.67. The van der Waals surface area contributed by atoms with Gasteiger partial charge in [-0.1, -0.05) is 41.4 Å². The zero-order chi connectivity index (χ0) is 14.5. The maximum atomic E-state index is 6.12. The molecule has 0 radical (unpaired) electrons. The lowest BCUT2D eigenvalue weighted by molar-refractivity contribution is 0.282. The van der Waals surface area contributed by atoms with Crippen molar-refractivity contribution in [3.8, 4) is 11.5 Å². The van der Waals surface area contributed by atoms with Crippen LogP contribution in [0.25, 0.3) is 0 Å². The van der Waals surface area contributed by atoms with E-state index < -0.39 is 0 Å². The van der Waals surface area contributed by atoms with Crippen molar-refractivity contribution in [3.05, 3.63) is 57.6 Å². The van der Waals surface area contributed by atoms with E-state index in [-0.39, 0.29) is 6.61 Å². The second kappa shape index (κ2) is 7.07. The minimum Gasteiger partial charge on any atom is -0.493 e. The fourth-order valence-electron chi connectivity index (χ4n) is 1.81. The van der Waals surface area contributed by atoms with Crippen LogP contribution in [-0.2, 0) is 12.5 Å². The molecule has 2 rings (SSSR count). The van der Waals surface area contributed by atoms with Crippen LogP contribution in [0, 0.1) is 0 Å². The summed E-state index contributed by atoms with van der Waals surface area (Å²) >= 11 is 18.2. The van der Waals surface area contributed by atoms with Crippen LogP contribution in [0.3, 0.4) is 0 Å². The molecule has 0 saturated carbocycles. The Kier molecular flexibility index (Phi) is 5.41. The van der Waals surface area contributed by atoms with Gasteiger partial charge in [-0.3, -0.25) is 0 Å². The van der Waals surface area contributed by atoms with Crippen LogP contribution in [0.4, 0.5) is 0 Å². The molecule has 0 atom stereocenters. The number of methoxy groups -OCH3 is 1. The van der Waals surface area contributed by atoms with Gasteiger partial charge in [-0.05, 0) is 18.2 Å². The second-order valence-electron chi connectivity index (χ2n) is 4.07. The van der Waals surface area contributed by atoms with Crippen molar-refractivity contribution in [1.82, 2.24) is 0 Å². The molecule has 0 aromatic heterocycles. The molecule has 0 aliphatic carbocycles. The molecule has 0 aliphatic rings. The largest absolute Gasteiger partial charge is 0.493 e. The highest BCUT2D eigenvalue weighted by Crippen LogP contribution is 2.34. The van der Waals surface area contributed by atoms with Gasteiger partial charge in [0.2, 0.25) is 0 Å². The van der Waals surface area contributed by atoms with Crippen LogP contribution < -0.4 is 9.47 Å². The Morgan fingerprint density at radius 1 is 1.00 bits per heavy atom. The van der Waals surface area contributed by atoms with Gasteiger partial charge in [0, 0.05) is 21.2 Å². The molecule has 20 heavy (non-hydrogen) atoms. The van der Waals surface area contributed by atoms with E-state index in [2.05, 4.69) is 0 Å². The number of hydrogen-bond donors (Lipinski definition) is 0. The molecule has 106 valence electrons. The molecule has 0 bridgehead atoms. The minimum atomic E-state index is 0.253. The maximum absolute atomic E-state index is 6.12. The van der Waals surface area contributed by atoms with Crippen molar-refractivity contribution in [2.75, 3.05) is 7.11 Å². The van der Waals surface area contributed by atoms with Crippen molar-refractivity contribution in [3.63, 3.8) is 0 Å². The third-order valence-electron chi connectivity index (χ3n) is 2.85. The summed E-state index contributed by atoms with van der Waals surface area (Å²) in [6, 6.07) is 10.9. The molecule has 5 heteroatoms. The molecule has 2 aromatic carbocycles. The molecule has 2 nitrogen and oxygen atoms in total. The van der Waals surface area contributed by atoms with Gasteiger partial charge < -0.3 is 9.47 Å². The molecule has 2 aromatic rings. The molecule has 0 fully saturated rings. The van der Waals surface area contributed by atoms with Gasteiger partial charge in [0.15, 0.2) is 11.5 Å². The van der Waals surface area contributed by atoms with E-state index in [1.54, 1.807) is 25.3 Å². The number of alkyl halides is 1. The van der Waals surface area contributed by atoms with Gasteiger partial charge in [-0.25, -0.2) is 0 Å². The molecular formula is C15H13Cl3O2. The zero-order valence-corrected chi connectivity index (χ0v) is 13.1. The van der Waals surface area contributed by atoms with Crippen molar-refractivity contribution in [1.29, 1.82) is 0 Å². The van der Waals surface area contributed by atoms with Crippen LogP contribution >= 0.6 is 34.8 Å². The van der Waals surface area contributed by atoms with E-state index >= 15 is 0 Å². The first kappa shape index (κ1) is 15.3. The third kappa shape index (κ3) is 3.32. The predicted octanol–water partition coefficient (Wildman–Crippen LogP) is 5.32. The average molecular weight is 332 g/mol. The zero-order valence-electron chi connectivity index (χ0n) is 10.8. The molecule has 0 unspecified atom stereocenters. The maximum Gasteiger partial charge on any atom is 0.166 e. The van der Waals surface area contributed by atoms with E-state index in [0.29, 0.717) is 27.4 Å². The van der Waals surface area contributed by atoms with E-state index in [4.69, 9.17) is 44.3 Å². The molecule has 0 aliphatic heterocycles. The van der Waals surface area contributed by atoms with Crippen molar-refractivity contribution >= 4 is 34.8 Å². The van der Waals surface area contributed by atoms with Gasteiger partial charge >= 0.3 is 0 Å². The number of benzene rings is 2. The lowest BCUT2D eigenvalue weighted by atomic mass is 10.2. The van der Waals surface area contributed by atoms with Gasteiger partial charge in [0.05, 0.1) is 13.0 Å². The van der Waals surface area contributed by atoms with E-state index in [0.717, 1.165) is 11.1 Å². The first-order valence-electron chi connectivity index (χ1n) is 5.95. The van der Waals surface area contributed by atoms with E-state index in [1.165, 1.54) is 0 Å². The Balaban J connectivity index is 2.27. The minimum absolute atomic E-state index is 0.253. The number of rotatable bonds is 5. The van der Waals surface area contributed by atoms with E-state index in [9.17, 15) is 0 Å². The SMILES string of the molecule is COc1cccc(CCl)c1OCc1c(Cl)cccc1Cl. The number of para-hydroxylation sites is 1. The van der Waals surface area contributed by atoms with Crippen LogP contribution in [0.5, 0.6) is 11.5 Å². The monoisotopic (exact) mass is 330 g/mol. The number of hydrogen-bond acceptors (Lipinski definition) is 2. The summed E-state index contributed by atoms with van der Waals surface area (Å²) in [6.07, 6.45) is 0. The van der Waals surface area contributed by atoms with Crippen molar-refractivity contribution in [2.45, 2.75) is 12.5 Å². The fraction of sp³-hybridized carbons (Fsp3) is 0.200. The van der Waals surface area contributed by atoms with Crippen LogP contribution in [-0.4, -0.2) is 7.11 Å². The van der Waals surface area contributed by atoms with Crippen molar-refractivity contribution in [2.24, 2.45) is 0 Å². The molecule has 0 N–H and O–H groups in total. The first-order valence-corrected chi connectivity index (χ1v) is 7.24. The van der Waals surface area contributed by atoms with Crippen LogP contribution in [0.2, 0.25) is 10.0 Å². The van der Waals surface area contributed by atoms with Gasteiger partial charge in [-0.15, -0.1) is 11.6 Å². The molecule has 0 amide bonds. The van der Waals surface area contributed by atoms with Gasteiger partial charge in [0.1, 0.15) is 6.61 Å². The lowest BCUT2D eigenvalue weighted by Gasteiger charge is -2.15. The number of ether oxygens (including phenoxy) is 2. The average Bonchev–Trinajstić information content (AvgIpc) is 2.46. The van der Waals surface area contributed by atoms with Crippen LogP contribution in [0.15, 0.2) is 36.4 Å². The Morgan fingerprint density at radius 3 is 2.25 bits per heavy atom. The summed E-state index contributed by atoms with van der Waals surface area (Å²) < 4.78 is 11.1. The summed E-state index contributed by atoms with van der Waals surface area (Å²) in [5.74, 6) is 1.58. The van der Waals surface area contributed by atoms with Crippen LogP contribution in [0.1, 0.15) is 11.1 Å². The Hall–Kier alpha value is -1.09. The van der Waals surface area contributed by atoms with E-state index in [1.807, 2.05) is 18.2 Å². The summed E-state index contributed by atoms with van der Waals surface area (Å²) in [6.45, 7) is 0.253. The summed E-state index contributed by atoms with van der Waals surface area (Å²) in [5, 5.41) is 1.14. The molecule has 0 heterocycles. The topological polar surface area (TPSA) is 18.5 Å². The summed E-state index contributed by atoms with van der Waals surface area (Å²) in [5.41, 5.74) is 1.59. The molecule has 0 spiro atoms. The standard InChI is InChI=1S/C15H13Cl3O2/c1-19-14-7-2-4-10(8-16)15(14)20-9-11-12(17)5-3-6-13(11)18/h2-7H,8-9H2,1H3. The molecule has 0 saturated heterocycles. The summed E-state index contributed by atoms with van der Waals surface area (Å²) in [7, 11) is 1.59. The fourth-order valence-corrected chi connectivity index (χ4v) is 2.52. The third-order valence-corrected chi connectivity index (χ3v) is 3.84. The van der Waals surface area contributed by atoms with Gasteiger partial charge in [0.25, 0.3) is 0 Å². The highest BCUT2D eigenvalue weighted by molar-refractivity contribution is 6.35. The Morgan fingerprint density at radius 2 is 1.65 bits per heavy atom. The normalized spacial score (nSPS) is 10.4. The number of halogens is 3. The second-order valence-corrected chi connectivity index (χ2v) is 5.15. The molecular weight excluding hydrogens is 319 g/mol. The Bertz CT molecular complexity index is 557. The Labute approximate surface area is 133 Å². The highest BCUT2D eigenvalue weighted by atomic mass is 35.5.